The van der Waals surface area contributed by atoms with E-state index in [1.165, 1.54) is 0 Å². The van der Waals surface area contributed by atoms with Gasteiger partial charge in [-0.15, -0.1) is 24.0 Å². The molecule has 1 fully saturated rings. The molecule has 1 saturated heterocycles. The monoisotopic (exact) mass is 380 g/mol. The molecule has 0 radical (unpaired) electrons. The van der Waals surface area contributed by atoms with Crippen LogP contribution in [0.3, 0.4) is 0 Å². The van der Waals surface area contributed by atoms with Crippen molar-refractivity contribution in [3.8, 4) is 0 Å². The number of aliphatic imine (C=N–C) groups is 1. The predicted octanol–water partition coefficient (Wildman–Crippen LogP) is 1.53. The molecule has 108 valence electrons. The van der Waals surface area contributed by atoms with Crippen molar-refractivity contribution in [2.45, 2.75) is 32.4 Å². The highest BCUT2D eigenvalue weighted by Gasteiger charge is 2.15. The maximum atomic E-state index is 5.56. The van der Waals surface area contributed by atoms with Crippen molar-refractivity contribution in [3.63, 3.8) is 0 Å². The number of hydrogen-bond acceptors (Lipinski definition) is 4. The molecule has 0 bridgehead atoms. The van der Waals surface area contributed by atoms with Crippen LogP contribution >= 0.6 is 24.0 Å². The lowest BCUT2D eigenvalue weighted by Gasteiger charge is -2.14. The third kappa shape index (κ3) is 5.77. The zero-order valence-corrected chi connectivity index (χ0v) is 13.4. The number of nitrogens with one attached hydrogen (secondary N) is 2. The minimum absolute atomic E-state index is 0. The normalized spacial score (nSPS) is 19.0. The number of aromatic nitrogens is 1. The van der Waals surface area contributed by atoms with Crippen molar-refractivity contribution in [1.82, 2.24) is 15.8 Å². The van der Waals surface area contributed by atoms with Crippen molar-refractivity contribution < 1.29 is 9.26 Å². The fraction of sp³-hybridized carbons (Fsp3) is 0.667. The van der Waals surface area contributed by atoms with E-state index in [-0.39, 0.29) is 24.0 Å². The molecule has 1 atom stereocenters. The summed E-state index contributed by atoms with van der Waals surface area (Å²) in [6, 6.07) is 1.81. The van der Waals surface area contributed by atoms with E-state index in [1.54, 1.807) is 6.26 Å². The van der Waals surface area contributed by atoms with Gasteiger partial charge in [0.2, 0.25) is 0 Å². The average molecular weight is 380 g/mol. The van der Waals surface area contributed by atoms with E-state index in [4.69, 9.17) is 9.26 Å². The maximum Gasteiger partial charge on any atom is 0.191 e. The van der Waals surface area contributed by atoms with E-state index < -0.39 is 0 Å². The van der Waals surface area contributed by atoms with Crippen LogP contribution < -0.4 is 10.6 Å². The first-order valence-electron chi connectivity index (χ1n) is 6.41. The molecular weight excluding hydrogens is 359 g/mol. The van der Waals surface area contributed by atoms with Crippen LogP contribution in [-0.4, -0.2) is 36.9 Å². The second kappa shape index (κ2) is 9.13. The molecule has 1 aromatic heterocycles. The molecule has 2 heterocycles. The zero-order valence-electron chi connectivity index (χ0n) is 11.1. The van der Waals surface area contributed by atoms with Gasteiger partial charge in [-0.25, -0.2) is 4.99 Å². The van der Waals surface area contributed by atoms with Gasteiger partial charge in [0.05, 0.1) is 12.6 Å². The Morgan fingerprint density at radius 3 is 3.05 bits per heavy atom. The number of guanidine groups is 1. The molecule has 1 aromatic rings. The van der Waals surface area contributed by atoms with E-state index in [0.29, 0.717) is 12.6 Å². The maximum absolute atomic E-state index is 5.56. The fourth-order valence-electron chi connectivity index (χ4n) is 1.84. The summed E-state index contributed by atoms with van der Waals surface area (Å²) in [6.07, 6.45) is 4.13. The van der Waals surface area contributed by atoms with Gasteiger partial charge in [0.15, 0.2) is 5.96 Å². The van der Waals surface area contributed by atoms with E-state index in [0.717, 1.165) is 44.2 Å². The lowest BCUT2D eigenvalue weighted by molar-refractivity contribution is 0.114. The highest BCUT2D eigenvalue weighted by Crippen LogP contribution is 2.10. The Morgan fingerprint density at radius 1 is 1.53 bits per heavy atom. The summed E-state index contributed by atoms with van der Waals surface area (Å²) in [6.45, 7) is 5.05. The van der Waals surface area contributed by atoms with Crippen LogP contribution in [0.1, 0.15) is 25.5 Å². The number of nitrogens with zero attached hydrogens (tertiary/aromatic N) is 2. The second-order valence-corrected chi connectivity index (χ2v) is 4.20. The average Bonchev–Trinajstić information content (AvgIpc) is 3.05. The van der Waals surface area contributed by atoms with Crippen LogP contribution in [0.4, 0.5) is 0 Å². The van der Waals surface area contributed by atoms with E-state index in [1.807, 2.05) is 13.0 Å². The molecule has 1 unspecified atom stereocenters. The third-order valence-electron chi connectivity index (χ3n) is 2.76. The molecule has 2 rings (SSSR count). The largest absolute Gasteiger partial charge is 0.376 e. The van der Waals surface area contributed by atoms with Crippen LogP contribution in [0.5, 0.6) is 0 Å². The molecule has 2 N–H and O–H groups in total. The summed E-state index contributed by atoms with van der Waals surface area (Å²) < 4.78 is 10.3. The molecule has 7 heteroatoms. The van der Waals surface area contributed by atoms with Crippen LogP contribution in [0, 0.1) is 0 Å². The summed E-state index contributed by atoms with van der Waals surface area (Å²) >= 11 is 0. The first-order chi connectivity index (χ1) is 8.88. The van der Waals surface area contributed by atoms with Crippen LogP contribution in [0.15, 0.2) is 21.8 Å². The summed E-state index contributed by atoms with van der Waals surface area (Å²) in [4.78, 5) is 4.43. The smallest absolute Gasteiger partial charge is 0.191 e. The molecular formula is C12H21IN4O2. The molecule has 19 heavy (non-hydrogen) atoms. The predicted molar refractivity (Wildman–Crippen MR) is 83.7 cm³/mol. The first-order valence-corrected chi connectivity index (χ1v) is 6.41. The third-order valence-corrected chi connectivity index (χ3v) is 2.76. The van der Waals surface area contributed by atoms with Crippen molar-refractivity contribution >= 4 is 29.9 Å². The van der Waals surface area contributed by atoms with Gasteiger partial charge in [-0.05, 0) is 19.8 Å². The Kier molecular flexibility index (Phi) is 7.80. The lowest BCUT2D eigenvalue weighted by Crippen LogP contribution is -2.41. The van der Waals surface area contributed by atoms with Crippen molar-refractivity contribution in [1.29, 1.82) is 0 Å². The lowest BCUT2D eigenvalue weighted by atomic mass is 10.2. The Labute approximate surface area is 130 Å². The Hall–Kier alpha value is -0.830. The van der Waals surface area contributed by atoms with Gasteiger partial charge < -0.3 is 19.9 Å². The van der Waals surface area contributed by atoms with Crippen LogP contribution in [0.2, 0.25) is 0 Å². The molecule has 0 amide bonds. The Morgan fingerprint density at radius 2 is 2.42 bits per heavy atom. The van der Waals surface area contributed by atoms with Gasteiger partial charge in [-0.3, -0.25) is 0 Å². The molecule has 0 aliphatic carbocycles. The summed E-state index contributed by atoms with van der Waals surface area (Å²) in [5.41, 5.74) is 0.823. The van der Waals surface area contributed by atoms with Gasteiger partial charge in [-0.2, -0.15) is 0 Å². The summed E-state index contributed by atoms with van der Waals surface area (Å²) in [7, 11) is 0. The SMILES string of the molecule is CCNC(=NCc1ccon1)NCC1CCCO1.I. The molecule has 1 aliphatic heterocycles. The minimum atomic E-state index is 0. The van der Waals surface area contributed by atoms with E-state index in [2.05, 4.69) is 20.8 Å². The second-order valence-electron chi connectivity index (χ2n) is 4.20. The van der Waals surface area contributed by atoms with Crippen molar-refractivity contribution in [3.05, 3.63) is 18.0 Å². The van der Waals surface area contributed by atoms with Gasteiger partial charge in [0.1, 0.15) is 12.0 Å². The molecule has 0 spiro atoms. The summed E-state index contributed by atoms with van der Waals surface area (Å²) in [5.74, 6) is 0.788. The van der Waals surface area contributed by atoms with Crippen LogP contribution in [-0.2, 0) is 11.3 Å². The topological polar surface area (TPSA) is 71.7 Å². The van der Waals surface area contributed by atoms with E-state index >= 15 is 0 Å². The van der Waals surface area contributed by atoms with E-state index in [9.17, 15) is 0 Å². The molecule has 1 aliphatic rings. The zero-order chi connectivity index (χ0) is 12.6. The fourth-order valence-corrected chi connectivity index (χ4v) is 1.84. The van der Waals surface area contributed by atoms with Gasteiger partial charge in [0.25, 0.3) is 0 Å². The Bertz CT molecular complexity index is 364. The number of ether oxygens (including phenoxy) is 1. The van der Waals surface area contributed by atoms with Gasteiger partial charge >= 0.3 is 0 Å². The van der Waals surface area contributed by atoms with Crippen molar-refractivity contribution in [2.24, 2.45) is 4.99 Å². The highest BCUT2D eigenvalue weighted by molar-refractivity contribution is 14.0. The van der Waals surface area contributed by atoms with Gasteiger partial charge in [-0.1, -0.05) is 5.16 Å². The van der Waals surface area contributed by atoms with Crippen molar-refractivity contribution in [2.75, 3.05) is 19.7 Å². The highest BCUT2D eigenvalue weighted by atomic mass is 127. The number of rotatable bonds is 5. The Balaban J connectivity index is 0.00000180. The number of hydrogen-bond donors (Lipinski definition) is 2. The quantitative estimate of drug-likeness (QED) is 0.461. The molecule has 0 aromatic carbocycles. The molecule has 0 saturated carbocycles. The van der Waals surface area contributed by atoms with Gasteiger partial charge in [0, 0.05) is 25.8 Å². The molecule has 6 nitrogen and oxygen atoms in total. The van der Waals surface area contributed by atoms with Crippen LogP contribution in [0.25, 0.3) is 0 Å². The standard InChI is InChI=1S/C12H20N4O2.HI/c1-2-13-12(14-8-10-5-7-18-16-10)15-9-11-4-3-6-17-11;/h5,7,11H,2-4,6,8-9H2,1H3,(H2,13,14,15);1H. The first kappa shape index (κ1) is 16.2. The number of halogens is 1. The minimum Gasteiger partial charge on any atom is -0.376 e. The summed E-state index contributed by atoms with van der Waals surface area (Å²) in [5, 5.41) is 10.3.